The van der Waals surface area contributed by atoms with E-state index in [0.29, 0.717) is 11.4 Å². The first-order valence-corrected chi connectivity index (χ1v) is 10.0. The Morgan fingerprint density at radius 2 is 2.04 bits per heavy atom. The highest BCUT2D eigenvalue weighted by Gasteiger charge is 2.39. The van der Waals surface area contributed by atoms with Gasteiger partial charge < -0.3 is 15.5 Å². The summed E-state index contributed by atoms with van der Waals surface area (Å²) in [5.41, 5.74) is 0.517. The van der Waals surface area contributed by atoms with Crippen LogP contribution in [0.3, 0.4) is 0 Å². The average Bonchev–Trinajstić information content (AvgIpc) is 2.60. The van der Waals surface area contributed by atoms with Crippen LogP contribution < -0.4 is 15.5 Å². The van der Waals surface area contributed by atoms with Crippen molar-refractivity contribution >= 4 is 35.0 Å². The largest absolute Gasteiger partial charge is 0.368 e. The first kappa shape index (κ1) is 18.8. The van der Waals surface area contributed by atoms with Gasteiger partial charge >= 0.3 is 0 Å². The van der Waals surface area contributed by atoms with Crippen LogP contribution in [0.25, 0.3) is 0 Å². The summed E-state index contributed by atoms with van der Waals surface area (Å²) in [4.78, 5) is 26.0. The standard InChI is InChI=1S/C19H24FN3O2S/c1-2-17(24)22-19(6-3-7-19)13-18(25)21-14-4-5-16(15(20)12-14)23-8-10-26-11-9-23/h2,4-5,12H,1,3,6-11,13H2,(H,21,25)(H,22,24). The minimum Gasteiger partial charge on any atom is -0.368 e. The molecule has 5 nitrogen and oxygen atoms in total. The molecule has 0 bridgehead atoms. The first-order chi connectivity index (χ1) is 12.5. The van der Waals surface area contributed by atoms with Crippen molar-refractivity contribution in [2.75, 3.05) is 34.8 Å². The Morgan fingerprint density at radius 3 is 2.62 bits per heavy atom. The zero-order valence-electron chi connectivity index (χ0n) is 14.7. The lowest BCUT2D eigenvalue weighted by Gasteiger charge is -2.41. The number of hydrogen-bond acceptors (Lipinski definition) is 4. The van der Waals surface area contributed by atoms with E-state index in [1.807, 2.05) is 16.7 Å². The fourth-order valence-electron chi connectivity index (χ4n) is 3.42. The zero-order chi connectivity index (χ0) is 18.6. The number of halogens is 1. The SMILES string of the molecule is C=CC(=O)NC1(CC(=O)Nc2ccc(N3CCSCC3)c(F)c2)CCC1. The van der Waals surface area contributed by atoms with E-state index in [0.717, 1.165) is 43.9 Å². The molecule has 2 aliphatic rings. The molecular formula is C19H24FN3O2S. The zero-order valence-corrected chi connectivity index (χ0v) is 15.5. The molecule has 0 spiro atoms. The Kier molecular flexibility index (Phi) is 5.86. The molecule has 7 heteroatoms. The van der Waals surface area contributed by atoms with E-state index in [1.54, 1.807) is 12.1 Å². The quantitative estimate of drug-likeness (QED) is 0.749. The van der Waals surface area contributed by atoms with Gasteiger partial charge in [0.1, 0.15) is 5.82 Å². The molecule has 0 aromatic heterocycles. The molecule has 0 radical (unpaired) electrons. The molecule has 140 valence electrons. The van der Waals surface area contributed by atoms with Crippen LogP contribution in [0.4, 0.5) is 15.8 Å². The monoisotopic (exact) mass is 377 g/mol. The summed E-state index contributed by atoms with van der Waals surface area (Å²) in [6.07, 6.45) is 3.90. The molecule has 1 saturated carbocycles. The third kappa shape index (κ3) is 4.38. The second-order valence-electron chi connectivity index (χ2n) is 6.82. The highest BCUT2D eigenvalue weighted by molar-refractivity contribution is 7.99. The maximum atomic E-state index is 14.5. The van der Waals surface area contributed by atoms with Gasteiger partial charge in [0.05, 0.1) is 12.1 Å². The van der Waals surface area contributed by atoms with Gasteiger partial charge in [-0.3, -0.25) is 9.59 Å². The van der Waals surface area contributed by atoms with Crippen molar-refractivity contribution in [3.63, 3.8) is 0 Å². The molecule has 1 aliphatic carbocycles. The topological polar surface area (TPSA) is 61.4 Å². The second kappa shape index (κ2) is 8.12. The van der Waals surface area contributed by atoms with Crippen molar-refractivity contribution < 1.29 is 14.0 Å². The summed E-state index contributed by atoms with van der Waals surface area (Å²) in [5.74, 6) is 1.17. The number of hydrogen-bond donors (Lipinski definition) is 2. The van der Waals surface area contributed by atoms with Gasteiger partial charge in [-0.2, -0.15) is 11.8 Å². The van der Waals surface area contributed by atoms with E-state index in [4.69, 9.17) is 0 Å². The predicted molar refractivity (Wildman–Crippen MR) is 104 cm³/mol. The third-order valence-electron chi connectivity index (χ3n) is 4.97. The average molecular weight is 377 g/mol. The van der Waals surface area contributed by atoms with Gasteiger partial charge in [-0.05, 0) is 43.5 Å². The third-order valence-corrected chi connectivity index (χ3v) is 5.91. The van der Waals surface area contributed by atoms with Crippen LogP contribution in [-0.2, 0) is 9.59 Å². The Bertz CT molecular complexity index is 700. The number of carbonyl (C=O) groups is 2. The molecular weight excluding hydrogens is 353 g/mol. The lowest BCUT2D eigenvalue weighted by Crippen LogP contribution is -2.54. The molecule has 0 atom stereocenters. The first-order valence-electron chi connectivity index (χ1n) is 8.88. The fraction of sp³-hybridized carbons (Fsp3) is 0.474. The van der Waals surface area contributed by atoms with Crippen LogP contribution in [0.2, 0.25) is 0 Å². The van der Waals surface area contributed by atoms with Gasteiger partial charge in [0, 0.05) is 35.8 Å². The van der Waals surface area contributed by atoms with Gasteiger partial charge in [0.15, 0.2) is 0 Å². The molecule has 0 unspecified atom stereocenters. The number of nitrogens with one attached hydrogen (secondary N) is 2. The van der Waals surface area contributed by atoms with E-state index in [1.165, 1.54) is 12.1 Å². The second-order valence-corrected chi connectivity index (χ2v) is 8.04. The predicted octanol–water partition coefficient (Wildman–Crippen LogP) is 2.93. The number of thioether (sulfide) groups is 1. The van der Waals surface area contributed by atoms with Crippen LogP contribution in [0.1, 0.15) is 25.7 Å². The number of benzene rings is 1. The molecule has 1 aromatic rings. The Balaban J connectivity index is 1.61. The maximum Gasteiger partial charge on any atom is 0.243 e. The van der Waals surface area contributed by atoms with Crippen molar-refractivity contribution in [2.24, 2.45) is 0 Å². The summed E-state index contributed by atoms with van der Waals surface area (Å²) >= 11 is 1.87. The lowest BCUT2D eigenvalue weighted by molar-refractivity contribution is -0.122. The Labute approximate surface area is 157 Å². The smallest absolute Gasteiger partial charge is 0.243 e. The van der Waals surface area contributed by atoms with Crippen LogP contribution in [-0.4, -0.2) is 41.9 Å². The van der Waals surface area contributed by atoms with Gasteiger partial charge in [-0.1, -0.05) is 6.58 Å². The molecule has 1 heterocycles. The molecule has 3 rings (SSSR count). The Hall–Kier alpha value is -2.02. The van der Waals surface area contributed by atoms with Gasteiger partial charge in [0.2, 0.25) is 11.8 Å². The molecule has 26 heavy (non-hydrogen) atoms. The fourth-order valence-corrected chi connectivity index (χ4v) is 4.32. The normalized spacial score (nSPS) is 18.6. The molecule has 1 saturated heterocycles. The van der Waals surface area contributed by atoms with Crippen LogP contribution >= 0.6 is 11.8 Å². The van der Waals surface area contributed by atoms with Crippen molar-refractivity contribution in [3.05, 3.63) is 36.7 Å². The summed E-state index contributed by atoms with van der Waals surface area (Å²) in [6, 6.07) is 4.82. The summed E-state index contributed by atoms with van der Waals surface area (Å²) in [6.45, 7) is 5.11. The van der Waals surface area contributed by atoms with E-state index < -0.39 is 5.54 Å². The van der Waals surface area contributed by atoms with Gasteiger partial charge in [-0.25, -0.2) is 4.39 Å². The van der Waals surface area contributed by atoms with Crippen molar-refractivity contribution in [3.8, 4) is 0 Å². The highest BCUT2D eigenvalue weighted by Crippen LogP contribution is 2.35. The van der Waals surface area contributed by atoms with E-state index in [2.05, 4.69) is 17.2 Å². The summed E-state index contributed by atoms with van der Waals surface area (Å²) in [7, 11) is 0. The van der Waals surface area contributed by atoms with Gasteiger partial charge in [0.25, 0.3) is 0 Å². The summed E-state index contributed by atoms with van der Waals surface area (Å²) in [5, 5.41) is 5.61. The van der Waals surface area contributed by atoms with E-state index in [-0.39, 0.29) is 24.1 Å². The number of anilines is 2. The minimum absolute atomic E-state index is 0.180. The number of amides is 2. The molecule has 2 amide bonds. The van der Waals surface area contributed by atoms with Crippen molar-refractivity contribution in [2.45, 2.75) is 31.2 Å². The van der Waals surface area contributed by atoms with E-state index in [9.17, 15) is 14.0 Å². The highest BCUT2D eigenvalue weighted by atomic mass is 32.2. The minimum atomic E-state index is -0.501. The molecule has 1 aromatic carbocycles. The maximum absolute atomic E-state index is 14.5. The van der Waals surface area contributed by atoms with Crippen LogP contribution in [0, 0.1) is 5.82 Å². The lowest BCUT2D eigenvalue weighted by atomic mass is 9.74. The van der Waals surface area contributed by atoms with Crippen LogP contribution in [0.5, 0.6) is 0 Å². The number of carbonyl (C=O) groups excluding carboxylic acids is 2. The van der Waals surface area contributed by atoms with Crippen LogP contribution in [0.15, 0.2) is 30.9 Å². The van der Waals surface area contributed by atoms with Gasteiger partial charge in [-0.15, -0.1) is 0 Å². The Morgan fingerprint density at radius 1 is 1.31 bits per heavy atom. The summed E-state index contributed by atoms with van der Waals surface area (Å²) < 4.78 is 14.5. The number of rotatable bonds is 6. The van der Waals surface area contributed by atoms with Crippen molar-refractivity contribution in [1.29, 1.82) is 0 Å². The van der Waals surface area contributed by atoms with Crippen molar-refractivity contribution in [1.82, 2.24) is 5.32 Å². The number of nitrogens with zero attached hydrogens (tertiary/aromatic N) is 1. The molecule has 2 N–H and O–H groups in total. The van der Waals surface area contributed by atoms with E-state index >= 15 is 0 Å². The molecule has 1 aliphatic heterocycles. The molecule has 2 fully saturated rings.